The molecule has 0 radical (unpaired) electrons. The predicted octanol–water partition coefficient (Wildman–Crippen LogP) is 1.50. The summed E-state index contributed by atoms with van der Waals surface area (Å²) in [4.78, 5) is 17.0. The highest BCUT2D eigenvalue weighted by atomic mass is 35.5. The van der Waals surface area contributed by atoms with E-state index in [1.165, 1.54) is 25.1 Å². The third kappa shape index (κ3) is 6.89. The summed E-state index contributed by atoms with van der Waals surface area (Å²) in [6.07, 6.45) is 3.07. The number of hydrogen-bond acceptors (Lipinski definition) is 5. The Bertz CT molecular complexity index is 359. The van der Waals surface area contributed by atoms with E-state index in [4.69, 9.17) is 4.74 Å². The lowest BCUT2D eigenvalue weighted by molar-refractivity contribution is -0.133. The first-order chi connectivity index (χ1) is 10.8. The van der Waals surface area contributed by atoms with Crippen molar-refractivity contribution in [3.63, 3.8) is 0 Å². The van der Waals surface area contributed by atoms with Crippen molar-refractivity contribution in [2.24, 2.45) is 5.92 Å². The molecule has 3 saturated heterocycles. The molecule has 1 amide bonds. The lowest BCUT2D eigenvalue weighted by Gasteiger charge is -2.37. The van der Waals surface area contributed by atoms with Crippen LogP contribution in [0.25, 0.3) is 0 Å². The molecule has 3 fully saturated rings. The fraction of sp³-hybridized carbons (Fsp3) is 0.938. The molecule has 3 aliphatic heterocycles. The minimum absolute atomic E-state index is 0. The minimum Gasteiger partial charge on any atom is -0.381 e. The molecule has 1 atom stereocenters. The number of nitrogens with zero attached hydrogens (tertiary/aromatic N) is 2. The number of carbonyl (C=O) groups is 1. The summed E-state index contributed by atoms with van der Waals surface area (Å²) in [6.45, 7) is 7.97. The number of halogens is 2. The molecule has 3 aliphatic rings. The normalized spacial score (nSPS) is 26.3. The van der Waals surface area contributed by atoms with E-state index in [-0.39, 0.29) is 24.8 Å². The van der Waals surface area contributed by atoms with Gasteiger partial charge in [0.25, 0.3) is 0 Å². The van der Waals surface area contributed by atoms with Crippen molar-refractivity contribution in [2.75, 3.05) is 64.0 Å². The van der Waals surface area contributed by atoms with Crippen LogP contribution in [0.2, 0.25) is 0 Å². The molecule has 8 heteroatoms. The molecule has 0 bridgehead atoms. The third-order valence-electron chi connectivity index (χ3n) is 5.00. The zero-order valence-corrected chi connectivity index (χ0v) is 16.7. The molecule has 3 rings (SSSR count). The monoisotopic (exact) mass is 399 g/mol. The smallest absolute Gasteiger partial charge is 0.224 e. The van der Waals surface area contributed by atoms with E-state index in [9.17, 15) is 4.79 Å². The summed E-state index contributed by atoms with van der Waals surface area (Å²) in [6, 6.07) is 0.381. The minimum atomic E-state index is 0. The Morgan fingerprint density at radius 2 is 1.83 bits per heavy atom. The second-order valence-corrected chi connectivity index (χ2v) is 7.82. The Hall–Kier alpha value is 0.280. The van der Waals surface area contributed by atoms with Crippen molar-refractivity contribution in [3.05, 3.63) is 0 Å². The molecular formula is C16H31Cl2N3O2S. The number of carbonyl (C=O) groups excluding carboxylic acids is 1. The number of nitrogens with one attached hydrogen (secondary N) is 1. The first kappa shape index (κ1) is 22.3. The molecule has 0 saturated carbocycles. The van der Waals surface area contributed by atoms with Crippen molar-refractivity contribution in [2.45, 2.75) is 25.3 Å². The van der Waals surface area contributed by atoms with Gasteiger partial charge >= 0.3 is 0 Å². The van der Waals surface area contributed by atoms with Crippen LogP contribution in [-0.2, 0) is 9.53 Å². The summed E-state index contributed by atoms with van der Waals surface area (Å²) >= 11 is 1.96. The number of ether oxygens (including phenoxy) is 1. The lowest BCUT2D eigenvalue weighted by Crippen LogP contribution is -2.51. The van der Waals surface area contributed by atoms with Crippen LogP contribution in [0.15, 0.2) is 0 Å². The zero-order chi connectivity index (χ0) is 15.2. The Balaban J connectivity index is 0.00000144. The van der Waals surface area contributed by atoms with Gasteiger partial charge in [-0.2, -0.15) is 11.8 Å². The molecule has 0 aromatic rings. The lowest BCUT2D eigenvalue weighted by atomic mass is 9.99. The van der Waals surface area contributed by atoms with Gasteiger partial charge in [0.2, 0.25) is 5.91 Å². The highest BCUT2D eigenvalue weighted by molar-refractivity contribution is 7.99. The largest absolute Gasteiger partial charge is 0.381 e. The number of piperazine rings is 1. The average Bonchev–Trinajstić information content (AvgIpc) is 2.57. The SMILES string of the molecule is Cl.Cl.O=C(CC1CSCCN1)N1CCN(CC2CCOCC2)CC1. The van der Waals surface area contributed by atoms with E-state index in [2.05, 4.69) is 15.1 Å². The summed E-state index contributed by atoms with van der Waals surface area (Å²) < 4.78 is 5.43. The third-order valence-corrected chi connectivity index (χ3v) is 6.13. The van der Waals surface area contributed by atoms with E-state index >= 15 is 0 Å². The molecule has 24 heavy (non-hydrogen) atoms. The highest BCUT2D eigenvalue weighted by Crippen LogP contribution is 2.18. The second-order valence-electron chi connectivity index (χ2n) is 6.67. The summed E-state index contributed by atoms with van der Waals surface area (Å²) in [5.41, 5.74) is 0. The van der Waals surface area contributed by atoms with Crippen LogP contribution in [0, 0.1) is 5.92 Å². The van der Waals surface area contributed by atoms with Gasteiger partial charge in [-0.1, -0.05) is 0 Å². The van der Waals surface area contributed by atoms with Gasteiger partial charge in [0.1, 0.15) is 0 Å². The molecule has 142 valence electrons. The van der Waals surface area contributed by atoms with Gasteiger partial charge in [0.15, 0.2) is 0 Å². The van der Waals surface area contributed by atoms with Crippen molar-refractivity contribution < 1.29 is 9.53 Å². The van der Waals surface area contributed by atoms with E-state index in [0.29, 0.717) is 18.4 Å². The molecular weight excluding hydrogens is 369 g/mol. The Morgan fingerprint density at radius 1 is 1.12 bits per heavy atom. The quantitative estimate of drug-likeness (QED) is 0.775. The molecule has 1 unspecified atom stereocenters. The van der Waals surface area contributed by atoms with Crippen molar-refractivity contribution >= 4 is 42.5 Å². The van der Waals surface area contributed by atoms with Crippen LogP contribution in [0.5, 0.6) is 0 Å². The van der Waals surface area contributed by atoms with Crippen LogP contribution in [0.3, 0.4) is 0 Å². The topological polar surface area (TPSA) is 44.8 Å². The zero-order valence-electron chi connectivity index (χ0n) is 14.3. The maximum Gasteiger partial charge on any atom is 0.224 e. The number of hydrogen-bond donors (Lipinski definition) is 1. The average molecular weight is 400 g/mol. The first-order valence-corrected chi connectivity index (χ1v) is 9.86. The van der Waals surface area contributed by atoms with Crippen LogP contribution in [0.1, 0.15) is 19.3 Å². The molecule has 0 aliphatic carbocycles. The van der Waals surface area contributed by atoms with Crippen molar-refractivity contribution in [1.82, 2.24) is 15.1 Å². The van der Waals surface area contributed by atoms with Gasteiger partial charge < -0.3 is 15.0 Å². The molecule has 0 aromatic carbocycles. The van der Waals surface area contributed by atoms with Crippen LogP contribution in [0.4, 0.5) is 0 Å². The first-order valence-electron chi connectivity index (χ1n) is 8.70. The predicted molar refractivity (Wildman–Crippen MR) is 105 cm³/mol. The molecule has 0 spiro atoms. The maximum atomic E-state index is 12.4. The summed E-state index contributed by atoms with van der Waals surface area (Å²) in [5, 5.41) is 3.46. The standard InChI is InChI=1S/C16H29N3O2S.2ClH/c20-16(11-15-13-22-10-3-17-15)19-6-4-18(5-7-19)12-14-1-8-21-9-2-14;;/h14-15,17H,1-13H2;2*1H. The Labute approximate surface area is 162 Å². The molecule has 1 N–H and O–H groups in total. The Morgan fingerprint density at radius 3 is 2.46 bits per heavy atom. The van der Waals surface area contributed by atoms with Gasteiger partial charge in [-0.15, -0.1) is 24.8 Å². The number of amides is 1. The summed E-state index contributed by atoms with van der Waals surface area (Å²) in [5.74, 6) is 3.38. The van der Waals surface area contributed by atoms with E-state index < -0.39 is 0 Å². The van der Waals surface area contributed by atoms with Crippen LogP contribution in [-0.4, -0.2) is 85.7 Å². The van der Waals surface area contributed by atoms with Gasteiger partial charge in [-0.3, -0.25) is 9.69 Å². The molecule has 3 heterocycles. The Kier molecular flexibility index (Phi) is 11.0. The fourth-order valence-corrected chi connectivity index (χ4v) is 4.51. The maximum absolute atomic E-state index is 12.4. The number of thioether (sulfide) groups is 1. The van der Waals surface area contributed by atoms with E-state index in [1.54, 1.807) is 0 Å². The van der Waals surface area contributed by atoms with Gasteiger partial charge in [-0.25, -0.2) is 0 Å². The van der Waals surface area contributed by atoms with Gasteiger partial charge in [0.05, 0.1) is 0 Å². The van der Waals surface area contributed by atoms with E-state index in [1.807, 2.05) is 11.8 Å². The van der Waals surface area contributed by atoms with Crippen LogP contribution >= 0.6 is 36.6 Å². The van der Waals surface area contributed by atoms with Gasteiger partial charge in [0, 0.05) is 76.5 Å². The number of rotatable bonds is 4. The van der Waals surface area contributed by atoms with Crippen molar-refractivity contribution in [1.29, 1.82) is 0 Å². The molecule has 5 nitrogen and oxygen atoms in total. The van der Waals surface area contributed by atoms with E-state index in [0.717, 1.165) is 57.6 Å². The summed E-state index contributed by atoms with van der Waals surface area (Å²) in [7, 11) is 0. The van der Waals surface area contributed by atoms with Crippen molar-refractivity contribution in [3.8, 4) is 0 Å². The van der Waals surface area contributed by atoms with Gasteiger partial charge in [-0.05, 0) is 18.8 Å². The second kappa shape index (κ2) is 11.8. The highest BCUT2D eigenvalue weighted by Gasteiger charge is 2.26. The molecule has 0 aromatic heterocycles. The fourth-order valence-electron chi connectivity index (χ4n) is 3.56. The van der Waals surface area contributed by atoms with Crippen LogP contribution < -0.4 is 5.32 Å².